The second kappa shape index (κ2) is 6.20. The molecular weight excluding hydrogens is 254 g/mol. The van der Waals surface area contributed by atoms with E-state index < -0.39 is 0 Å². The highest BCUT2D eigenvalue weighted by atomic mass is 16.7. The minimum absolute atomic E-state index is 0.0607. The molecule has 1 atom stereocenters. The van der Waals surface area contributed by atoms with Gasteiger partial charge in [0.1, 0.15) is 0 Å². The summed E-state index contributed by atoms with van der Waals surface area (Å²) in [6.45, 7) is 2.11. The van der Waals surface area contributed by atoms with E-state index in [0.29, 0.717) is 6.61 Å². The van der Waals surface area contributed by atoms with Crippen LogP contribution in [0.2, 0.25) is 0 Å². The van der Waals surface area contributed by atoms with Crippen LogP contribution in [0.15, 0.2) is 41.3 Å². The van der Waals surface area contributed by atoms with Gasteiger partial charge in [0.25, 0.3) is 0 Å². The van der Waals surface area contributed by atoms with Gasteiger partial charge < -0.3 is 14.0 Å². The highest BCUT2D eigenvalue weighted by Crippen LogP contribution is 2.14. The molecule has 20 heavy (non-hydrogen) atoms. The molecule has 0 spiro atoms. The number of pyridine rings is 1. The molecule has 106 valence electrons. The van der Waals surface area contributed by atoms with E-state index in [-0.39, 0.29) is 11.7 Å². The number of fused-ring (bicyclic) bond motifs is 1. The lowest BCUT2D eigenvalue weighted by Crippen LogP contribution is -2.24. The number of hydrogen-bond donors (Lipinski definition) is 0. The summed E-state index contributed by atoms with van der Waals surface area (Å²) in [7, 11) is 0. The normalized spacial score (nSPS) is 19.3. The van der Waals surface area contributed by atoms with Crippen LogP contribution in [0.4, 0.5) is 0 Å². The van der Waals surface area contributed by atoms with E-state index in [1.54, 1.807) is 6.07 Å². The third-order valence-corrected chi connectivity index (χ3v) is 3.66. The van der Waals surface area contributed by atoms with Gasteiger partial charge in [-0.2, -0.15) is 0 Å². The SMILES string of the molecule is O=c1ccn(CCO[C@@H]2CCCCO2)c2ccccc12. The molecule has 4 nitrogen and oxygen atoms in total. The number of rotatable bonds is 4. The number of para-hydroxylation sites is 1. The van der Waals surface area contributed by atoms with E-state index >= 15 is 0 Å². The summed E-state index contributed by atoms with van der Waals surface area (Å²) in [5, 5.41) is 0.754. The average Bonchev–Trinajstić information content (AvgIpc) is 2.51. The van der Waals surface area contributed by atoms with Gasteiger partial charge in [-0.25, -0.2) is 0 Å². The quantitative estimate of drug-likeness (QED) is 0.859. The van der Waals surface area contributed by atoms with Crippen molar-refractivity contribution in [3.63, 3.8) is 0 Å². The largest absolute Gasteiger partial charge is 0.353 e. The Hall–Kier alpha value is -1.65. The van der Waals surface area contributed by atoms with Crippen molar-refractivity contribution in [2.45, 2.75) is 32.1 Å². The first kappa shape index (κ1) is 13.3. The minimum atomic E-state index is -0.0607. The first-order valence-electron chi connectivity index (χ1n) is 7.16. The maximum absolute atomic E-state index is 11.8. The number of ether oxygens (including phenoxy) is 2. The van der Waals surface area contributed by atoms with Gasteiger partial charge in [-0.05, 0) is 31.4 Å². The van der Waals surface area contributed by atoms with Crippen molar-refractivity contribution in [1.82, 2.24) is 4.57 Å². The molecule has 0 radical (unpaired) electrons. The van der Waals surface area contributed by atoms with E-state index in [2.05, 4.69) is 4.57 Å². The van der Waals surface area contributed by atoms with Crippen LogP contribution in [0, 0.1) is 0 Å². The molecule has 0 amide bonds. The van der Waals surface area contributed by atoms with Crippen LogP contribution < -0.4 is 5.43 Å². The van der Waals surface area contributed by atoms with Crippen molar-refractivity contribution >= 4 is 10.9 Å². The molecule has 4 heteroatoms. The number of nitrogens with zero attached hydrogens (tertiary/aromatic N) is 1. The summed E-state index contributed by atoms with van der Waals surface area (Å²) in [5.41, 5.74) is 1.02. The monoisotopic (exact) mass is 273 g/mol. The van der Waals surface area contributed by atoms with Crippen molar-refractivity contribution in [2.75, 3.05) is 13.2 Å². The van der Waals surface area contributed by atoms with Crippen LogP contribution in [-0.4, -0.2) is 24.1 Å². The summed E-state index contributed by atoms with van der Waals surface area (Å²) < 4.78 is 13.3. The van der Waals surface area contributed by atoms with Crippen LogP contribution in [0.3, 0.4) is 0 Å². The Kier molecular flexibility index (Phi) is 4.14. The Labute approximate surface area is 117 Å². The third kappa shape index (κ3) is 2.92. The summed E-state index contributed by atoms with van der Waals surface area (Å²) in [6, 6.07) is 9.27. The molecule has 1 aliphatic heterocycles. The molecule has 3 rings (SSSR count). The number of aromatic nitrogens is 1. The van der Waals surface area contributed by atoms with Crippen LogP contribution in [0.25, 0.3) is 10.9 Å². The zero-order valence-electron chi connectivity index (χ0n) is 11.5. The van der Waals surface area contributed by atoms with E-state index in [4.69, 9.17) is 9.47 Å². The second-order valence-electron chi connectivity index (χ2n) is 5.06. The molecule has 0 saturated carbocycles. The molecule has 0 bridgehead atoms. The van der Waals surface area contributed by atoms with Crippen molar-refractivity contribution in [1.29, 1.82) is 0 Å². The van der Waals surface area contributed by atoms with Gasteiger partial charge >= 0.3 is 0 Å². The molecule has 0 unspecified atom stereocenters. The number of benzene rings is 1. The fourth-order valence-corrected chi connectivity index (χ4v) is 2.58. The van der Waals surface area contributed by atoms with Crippen molar-refractivity contribution in [2.24, 2.45) is 0 Å². The Balaban J connectivity index is 1.68. The lowest BCUT2D eigenvalue weighted by Gasteiger charge is -2.23. The van der Waals surface area contributed by atoms with E-state index in [0.717, 1.165) is 36.9 Å². The topological polar surface area (TPSA) is 40.5 Å². The molecule has 1 aromatic carbocycles. The Morgan fingerprint density at radius 1 is 1.25 bits per heavy atom. The lowest BCUT2D eigenvalue weighted by molar-refractivity contribution is -0.163. The Morgan fingerprint density at radius 2 is 2.15 bits per heavy atom. The van der Waals surface area contributed by atoms with E-state index in [1.165, 1.54) is 6.42 Å². The van der Waals surface area contributed by atoms with Crippen LogP contribution >= 0.6 is 0 Å². The summed E-state index contributed by atoms with van der Waals surface area (Å²) >= 11 is 0. The van der Waals surface area contributed by atoms with Gasteiger partial charge in [0.05, 0.1) is 12.1 Å². The molecule has 1 saturated heterocycles. The average molecular weight is 273 g/mol. The molecular formula is C16H19NO3. The summed E-state index contributed by atoms with van der Waals surface area (Å²) in [4.78, 5) is 11.8. The smallest absolute Gasteiger partial charge is 0.189 e. The van der Waals surface area contributed by atoms with Crippen molar-refractivity contribution in [3.8, 4) is 0 Å². The molecule has 1 fully saturated rings. The first-order valence-corrected chi connectivity index (χ1v) is 7.16. The highest BCUT2D eigenvalue weighted by molar-refractivity contribution is 5.78. The highest BCUT2D eigenvalue weighted by Gasteiger charge is 2.13. The molecule has 0 N–H and O–H groups in total. The van der Waals surface area contributed by atoms with Crippen LogP contribution in [0.1, 0.15) is 19.3 Å². The number of hydrogen-bond acceptors (Lipinski definition) is 3. The first-order chi connectivity index (χ1) is 9.84. The summed E-state index contributed by atoms with van der Waals surface area (Å²) in [6.07, 6.45) is 5.05. The maximum atomic E-state index is 11.8. The summed E-state index contributed by atoms with van der Waals surface area (Å²) in [5.74, 6) is 0. The van der Waals surface area contributed by atoms with Gasteiger partial charge in [-0.1, -0.05) is 12.1 Å². The molecule has 2 heterocycles. The fourth-order valence-electron chi connectivity index (χ4n) is 2.58. The van der Waals surface area contributed by atoms with Crippen molar-refractivity contribution in [3.05, 3.63) is 46.8 Å². The predicted octanol–water partition coefficient (Wildman–Crippen LogP) is 2.54. The molecule has 1 aliphatic rings. The Bertz CT molecular complexity index is 629. The lowest BCUT2D eigenvalue weighted by atomic mass is 10.2. The molecule has 1 aromatic heterocycles. The van der Waals surface area contributed by atoms with Crippen molar-refractivity contribution < 1.29 is 9.47 Å². The van der Waals surface area contributed by atoms with Crippen LogP contribution in [0.5, 0.6) is 0 Å². The van der Waals surface area contributed by atoms with Gasteiger partial charge in [-0.15, -0.1) is 0 Å². The third-order valence-electron chi connectivity index (χ3n) is 3.66. The molecule has 0 aliphatic carbocycles. The molecule has 2 aromatic rings. The predicted molar refractivity (Wildman–Crippen MR) is 77.8 cm³/mol. The van der Waals surface area contributed by atoms with Gasteiger partial charge in [-0.3, -0.25) is 4.79 Å². The van der Waals surface area contributed by atoms with E-state index in [9.17, 15) is 4.79 Å². The van der Waals surface area contributed by atoms with Crippen LogP contribution in [-0.2, 0) is 16.0 Å². The zero-order valence-corrected chi connectivity index (χ0v) is 11.5. The van der Waals surface area contributed by atoms with Gasteiger partial charge in [0.2, 0.25) is 0 Å². The zero-order chi connectivity index (χ0) is 13.8. The Morgan fingerprint density at radius 3 is 3.00 bits per heavy atom. The van der Waals surface area contributed by atoms with Gasteiger partial charge in [0, 0.05) is 30.8 Å². The van der Waals surface area contributed by atoms with E-state index in [1.807, 2.05) is 30.5 Å². The minimum Gasteiger partial charge on any atom is -0.353 e. The fraction of sp³-hybridized carbons (Fsp3) is 0.438. The standard InChI is InChI=1S/C16H19NO3/c18-15-8-9-17(14-6-2-1-5-13(14)15)10-12-20-16-7-3-4-11-19-16/h1-2,5-6,8-9,16H,3-4,7,10-12H2/t16-/m1/s1. The van der Waals surface area contributed by atoms with Gasteiger partial charge in [0.15, 0.2) is 11.7 Å². The second-order valence-corrected chi connectivity index (χ2v) is 5.06. The maximum Gasteiger partial charge on any atom is 0.189 e.